The molecule has 23 heavy (non-hydrogen) atoms. The van der Waals surface area contributed by atoms with Crippen molar-refractivity contribution in [3.63, 3.8) is 0 Å². The average molecular weight is 331 g/mol. The lowest BCUT2D eigenvalue weighted by molar-refractivity contribution is 0.242. The van der Waals surface area contributed by atoms with Crippen LogP contribution in [-0.2, 0) is 19.5 Å². The maximum Gasteiger partial charge on any atom is 0.325 e. The van der Waals surface area contributed by atoms with Gasteiger partial charge in [0.2, 0.25) is 0 Å². The fraction of sp³-hybridized carbons (Fsp3) is 0.250. The number of benzene rings is 1. The number of hydrogen-bond acceptors (Lipinski definition) is 4. The lowest BCUT2D eigenvalue weighted by Crippen LogP contribution is -2.38. The van der Waals surface area contributed by atoms with Crippen LogP contribution < -0.4 is 11.2 Å². The monoisotopic (exact) mass is 331 g/mol. The minimum atomic E-state index is -0.457. The van der Waals surface area contributed by atoms with Crippen molar-refractivity contribution in [2.75, 3.05) is 6.54 Å². The molecule has 0 saturated heterocycles. The molecule has 2 N–H and O–H groups in total. The summed E-state index contributed by atoms with van der Waals surface area (Å²) in [5.74, 6) is -0.197. The fourth-order valence-electron chi connectivity index (χ4n) is 3.09. The Morgan fingerprint density at radius 3 is 3.00 bits per heavy atom. The Morgan fingerprint density at radius 2 is 2.13 bits per heavy atom. The number of aromatic nitrogens is 2. The van der Waals surface area contributed by atoms with Crippen molar-refractivity contribution in [3.05, 3.63) is 67.1 Å². The van der Waals surface area contributed by atoms with Gasteiger partial charge in [0.1, 0.15) is 5.82 Å². The second kappa shape index (κ2) is 5.43. The van der Waals surface area contributed by atoms with E-state index in [1.165, 1.54) is 17.4 Å². The molecule has 3 heterocycles. The van der Waals surface area contributed by atoms with Gasteiger partial charge in [0.25, 0.3) is 5.56 Å². The van der Waals surface area contributed by atoms with E-state index >= 15 is 0 Å². The number of nitrogens with zero attached hydrogens (tertiary/aromatic N) is 1. The van der Waals surface area contributed by atoms with E-state index < -0.39 is 5.69 Å². The Bertz CT molecular complexity index is 1000. The lowest BCUT2D eigenvalue weighted by Gasteiger charge is -2.27. The summed E-state index contributed by atoms with van der Waals surface area (Å²) in [6.07, 6.45) is 0.630. The standard InChI is InChI=1S/C16H14FN3O2S/c17-12-3-1-2-10-9(8-23-14(10)12)6-20-5-4-13-11(7-20)15(21)19-16(22)18-13/h1-3,8H,4-7H2,(H2,18,19,21,22). The predicted molar refractivity (Wildman–Crippen MR) is 87.3 cm³/mol. The van der Waals surface area contributed by atoms with Crippen LogP contribution in [0.4, 0.5) is 4.39 Å². The van der Waals surface area contributed by atoms with Gasteiger partial charge >= 0.3 is 5.69 Å². The van der Waals surface area contributed by atoms with Crippen LogP contribution in [0, 0.1) is 5.82 Å². The molecule has 0 spiro atoms. The van der Waals surface area contributed by atoms with E-state index in [0.29, 0.717) is 29.8 Å². The summed E-state index contributed by atoms with van der Waals surface area (Å²) in [6.45, 7) is 1.88. The minimum Gasteiger partial charge on any atom is -0.311 e. The Kier molecular flexibility index (Phi) is 3.39. The van der Waals surface area contributed by atoms with Gasteiger partial charge in [-0.25, -0.2) is 9.18 Å². The van der Waals surface area contributed by atoms with Gasteiger partial charge in [-0.15, -0.1) is 11.3 Å². The first-order chi connectivity index (χ1) is 11.1. The first-order valence-electron chi connectivity index (χ1n) is 7.33. The number of H-pyrrole nitrogens is 2. The van der Waals surface area contributed by atoms with Crippen LogP contribution in [0.2, 0.25) is 0 Å². The lowest BCUT2D eigenvalue weighted by atomic mass is 10.1. The topological polar surface area (TPSA) is 69.0 Å². The van der Waals surface area contributed by atoms with Crippen molar-refractivity contribution in [2.45, 2.75) is 19.5 Å². The van der Waals surface area contributed by atoms with Gasteiger partial charge in [-0.1, -0.05) is 12.1 Å². The molecule has 2 aromatic heterocycles. The summed E-state index contributed by atoms with van der Waals surface area (Å²) in [5, 5.41) is 2.90. The summed E-state index contributed by atoms with van der Waals surface area (Å²) in [6, 6.07) is 5.11. The highest BCUT2D eigenvalue weighted by atomic mass is 32.1. The van der Waals surface area contributed by atoms with Crippen molar-refractivity contribution < 1.29 is 4.39 Å². The van der Waals surface area contributed by atoms with E-state index in [1.54, 1.807) is 6.07 Å². The molecule has 0 radical (unpaired) electrons. The maximum absolute atomic E-state index is 13.8. The van der Waals surface area contributed by atoms with Crippen LogP contribution in [0.15, 0.2) is 33.2 Å². The predicted octanol–water partition coefficient (Wildman–Crippen LogP) is 1.98. The van der Waals surface area contributed by atoms with Crippen LogP contribution in [0.25, 0.3) is 10.1 Å². The van der Waals surface area contributed by atoms with Gasteiger partial charge in [-0.05, 0) is 22.4 Å². The normalized spacial score (nSPS) is 15.0. The van der Waals surface area contributed by atoms with Gasteiger partial charge in [0, 0.05) is 31.7 Å². The van der Waals surface area contributed by atoms with E-state index in [4.69, 9.17) is 0 Å². The number of hydrogen-bond donors (Lipinski definition) is 2. The van der Waals surface area contributed by atoms with Crippen molar-refractivity contribution in [1.29, 1.82) is 0 Å². The Labute approximate surface area is 134 Å². The third kappa shape index (κ3) is 2.51. The van der Waals surface area contributed by atoms with Crippen LogP contribution in [-0.4, -0.2) is 21.4 Å². The Morgan fingerprint density at radius 1 is 1.26 bits per heavy atom. The molecule has 0 amide bonds. The molecule has 1 aliphatic heterocycles. The Hall–Kier alpha value is -2.25. The van der Waals surface area contributed by atoms with Crippen molar-refractivity contribution in [2.24, 2.45) is 0 Å². The molecule has 7 heteroatoms. The van der Waals surface area contributed by atoms with E-state index in [2.05, 4.69) is 14.9 Å². The highest BCUT2D eigenvalue weighted by Gasteiger charge is 2.21. The van der Waals surface area contributed by atoms with E-state index in [1.807, 2.05) is 11.4 Å². The molecule has 0 saturated carbocycles. The SMILES string of the molecule is O=c1[nH]c2c(c(=O)[nH]1)CN(Cc1csc3c(F)cccc13)CC2. The molecule has 1 aliphatic rings. The van der Waals surface area contributed by atoms with E-state index in [9.17, 15) is 14.0 Å². The quantitative estimate of drug-likeness (QED) is 0.754. The van der Waals surface area contributed by atoms with E-state index in [-0.39, 0.29) is 11.4 Å². The summed E-state index contributed by atoms with van der Waals surface area (Å²) >= 11 is 1.40. The zero-order valence-corrected chi connectivity index (χ0v) is 13.0. The molecule has 0 unspecified atom stereocenters. The van der Waals surface area contributed by atoms with Crippen molar-refractivity contribution in [3.8, 4) is 0 Å². The summed E-state index contributed by atoms with van der Waals surface area (Å²) in [7, 11) is 0. The van der Waals surface area contributed by atoms with Crippen molar-refractivity contribution >= 4 is 21.4 Å². The number of aromatic amines is 2. The molecule has 0 fully saturated rings. The zero-order chi connectivity index (χ0) is 16.0. The maximum atomic E-state index is 13.8. The smallest absolute Gasteiger partial charge is 0.311 e. The van der Waals surface area contributed by atoms with Crippen LogP contribution in [0.1, 0.15) is 16.8 Å². The summed E-state index contributed by atoms with van der Waals surface area (Å²) in [4.78, 5) is 30.4. The second-order valence-electron chi connectivity index (χ2n) is 5.70. The Balaban J connectivity index is 1.64. The molecule has 1 aromatic carbocycles. The fourth-order valence-corrected chi connectivity index (χ4v) is 4.05. The highest BCUT2D eigenvalue weighted by Crippen LogP contribution is 2.29. The van der Waals surface area contributed by atoms with Crippen LogP contribution in [0.5, 0.6) is 0 Å². The van der Waals surface area contributed by atoms with Crippen molar-refractivity contribution in [1.82, 2.24) is 14.9 Å². The molecule has 0 atom stereocenters. The molecular formula is C16H14FN3O2S. The zero-order valence-electron chi connectivity index (χ0n) is 12.2. The van der Waals surface area contributed by atoms with Crippen LogP contribution >= 0.6 is 11.3 Å². The average Bonchev–Trinajstić information content (AvgIpc) is 2.92. The number of nitrogens with one attached hydrogen (secondary N) is 2. The first kappa shape index (κ1) is 14.3. The molecule has 0 aliphatic carbocycles. The van der Waals surface area contributed by atoms with Crippen LogP contribution in [0.3, 0.4) is 0 Å². The summed E-state index contributed by atoms with van der Waals surface area (Å²) < 4.78 is 14.5. The largest absolute Gasteiger partial charge is 0.325 e. The van der Waals surface area contributed by atoms with Gasteiger partial charge < -0.3 is 4.98 Å². The van der Waals surface area contributed by atoms with Gasteiger partial charge in [0.15, 0.2) is 0 Å². The number of thiophene rings is 1. The minimum absolute atomic E-state index is 0.197. The van der Waals surface area contributed by atoms with Gasteiger partial charge in [-0.3, -0.25) is 14.7 Å². The second-order valence-corrected chi connectivity index (χ2v) is 6.58. The molecule has 4 rings (SSSR count). The molecule has 118 valence electrons. The third-order valence-electron chi connectivity index (χ3n) is 4.22. The number of fused-ring (bicyclic) bond motifs is 2. The summed E-state index contributed by atoms with van der Waals surface area (Å²) in [5.41, 5.74) is 1.61. The number of rotatable bonds is 2. The highest BCUT2D eigenvalue weighted by molar-refractivity contribution is 7.17. The molecule has 3 aromatic rings. The first-order valence-corrected chi connectivity index (χ1v) is 8.21. The molecule has 5 nitrogen and oxygen atoms in total. The van der Waals surface area contributed by atoms with Gasteiger partial charge in [-0.2, -0.15) is 0 Å². The molecule has 0 bridgehead atoms. The number of halogens is 1. The molecular weight excluding hydrogens is 317 g/mol. The third-order valence-corrected chi connectivity index (χ3v) is 5.27. The van der Waals surface area contributed by atoms with Gasteiger partial charge in [0.05, 0.1) is 10.3 Å². The van der Waals surface area contributed by atoms with E-state index in [0.717, 1.165) is 23.2 Å².